The van der Waals surface area contributed by atoms with Crippen LogP contribution in [0.4, 0.5) is 0 Å². The van der Waals surface area contributed by atoms with Crippen molar-refractivity contribution in [2.45, 2.75) is 0 Å². The van der Waals surface area contributed by atoms with Gasteiger partial charge in [-0.15, -0.1) is 0 Å². The molecular formula is C28H14O2. The zero-order chi connectivity index (χ0) is 20.0. The highest BCUT2D eigenvalue weighted by atomic mass is 16.1. The van der Waals surface area contributed by atoms with Gasteiger partial charge in [0.05, 0.1) is 0 Å². The quantitative estimate of drug-likeness (QED) is 0.293. The van der Waals surface area contributed by atoms with E-state index in [2.05, 4.69) is 18.2 Å². The normalized spacial score (nSPS) is 12.3. The Morgan fingerprint density at radius 3 is 1.73 bits per heavy atom. The van der Waals surface area contributed by atoms with Crippen LogP contribution < -0.4 is 10.9 Å². The van der Waals surface area contributed by atoms with E-state index in [0.29, 0.717) is 0 Å². The van der Waals surface area contributed by atoms with Crippen LogP contribution in [-0.4, -0.2) is 0 Å². The summed E-state index contributed by atoms with van der Waals surface area (Å²) in [5.41, 5.74) is 0.187. The average Bonchev–Trinajstić information content (AvgIpc) is 3.23. The molecule has 0 bridgehead atoms. The van der Waals surface area contributed by atoms with Crippen molar-refractivity contribution >= 4 is 64.6 Å². The number of rotatable bonds is 0. The maximum absolute atomic E-state index is 12.9. The van der Waals surface area contributed by atoms with E-state index in [1.165, 1.54) is 0 Å². The van der Waals surface area contributed by atoms with Crippen LogP contribution in [0.15, 0.2) is 94.5 Å². The van der Waals surface area contributed by atoms with E-state index in [1.807, 2.05) is 66.7 Å². The van der Waals surface area contributed by atoms with Gasteiger partial charge in [0.2, 0.25) is 0 Å². The smallest absolute Gasteiger partial charge is 0.194 e. The summed E-state index contributed by atoms with van der Waals surface area (Å²) < 4.78 is 0. The van der Waals surface area contributed by atoms with Crippen LogP contribution in [0.3, 0.4) is 0 Å². The Morgan fingerprint density at radius 2 is 0.933 bits per heavy atom. The number of fused-ring (bicyclic) bond motifs is 9. The molecular weight excluding hydrogens is 368 g/mol. The topological polar surface area (TPSA) is 34.1 Å². The first-order valence-electron chi connectivity index (χ1n) is 10.0. The molecule has 0 saturated heterocycles. The summed E-state index contributed by atoms with van der Waals surface area (Å²) in [7, 11) is 0. The highest BCUT2D eigenvalue weighted by Crippen LogP contribution is 2.35. The van der Waals surface area contributed by atoms with Crippen LogP contribution in [-0.2, 0) is 0 Å². The van der Waals surface area contributed by atoms with E-state index < -0.39 is 0 Å². The van der Waals surface area contributed by atoms with Crippen LogP contribution in [0.2, 0.25) is 0 Å². The molecule has 0 aliphatic rings. The monoisotopic (exact) mass is 382 g/mol. The van der Waals surface area contributed by atoms with E-state index >= 15 is 0 Å². The van der Waals surface area contributed by atoms with E-state index in [4.69, 9.17) is 0 Å². The first kappa shape index (κ1) is 15.8. The number of hydrogen-bond donors (Lipinski definition) is 0. The Kier molecular flexibility index (Phi) is 2.80. The van der Waals surface area contributed by atoms with Crippen molar-refractivity contribution in [1.29, 1.82) is 0 Å². The Morgan fingerprint density at radius 1 is 0.367 bits per heavy atom. The minimum Gasteiger partial charge on any atom is -0.289 e. The summed E-state index contributed by atoms with van der Waals surface area (Å²) in [6.45, 7) is 0. The van der Waals surface area contributed by atoms with Crippen LogP contribution >= 0.6 is 0 Å². The second-order valence-corrected chi connectivity index (χ2v) is 8.06. The summed E-state index contributed by atoms with van der Waals surface area (Å²) >= 11 is 0. The van der Waals surface area contributed by atoms with Crippen molar-refractivity contribution in [2.75, 3.05) is 0 Å². The van der Waals surface area contributed by atoms with Crippen molar-refractivity contribution in [1.82, 2.24) is 0 Å². The zero-order valence-electron chi connectivity index (χ0n) is 15.9. The van der Waals surface area contributed by atoms with E-state index in [-0.39, 0.29) is 10.9 Å². The van der Waals surface area contributed by atoms with Crippen LogP contribution in [0.1, 0.15) is 0 Å². The molecule has 0 amide bonds. The van der Waals surface area contributed by atoms with Gasteiger partial charge in [-0.3, -0.25) is 9.59 Å². The predicted octanol–water partition coefficient (Wildman–Crippen LogP) is 6.20. The predicted molar refractivity (Wildman–Crippen MR) is 126 cm³/mol. The van der Waals surface area contributed by atoms with E-state index in [9.17, 15) is 9.59 Å². The third-order valence-electron chi connectivity index (χ3n) is 6.51. The number of hydrogen-bond acceptors (Lipinski definition) is 2. The molecule has 30 heavy (non-hydrogen) atoms. The van der Waals surface area contributed by atoms with Crippen molar-refractivity contribution in [3.8, 4) is 0 Å². The molecule has 0 fully saturated rings. The fourth-order valence-electron chi connectivity index (χ4n) is 5.12. The highest BCUT2D eigenvalue weighted by molar-refractivity contribution is 6.25. The molecule has 0 spiro atoms. The lowest BCUT2D eigenvalue weighted by Gasteiger charge is -2.06. The largest absolute Gasteiger partial charge is 0.289 e. The summed E-state index contributed by atoms with van der Waals surface area (Å²) in [6.07, 6.45) is 0. The Balaban J connectivity index is 1.71. The van der Waals surface area contributed by atoms with E-state index in [1.54, 1.807) is 0 Å². The fraction of sp³-hybridized carbons (Fsp3) is 0. The van der Waals surface area contributed by atoms with Gasteiger partial charge in [-0.1, -0.05) is 54.6 Å². The summed E-state index contributed by atoms with van der Waals surface area (Å²) in [5, 5.41) is 11.4. The molecule has 0 heterocycles. The summed E-state index contributed by atoms with van der Waals surface area (Å²) in [6, 6.07) is 28.0. The van der Waals surface area contributed by atoms with Gasteiger partial charge in [-0.05, 0) is 68.0 Å². The molecule has 0 unspecified atom stereocenters. The Hall–Kier alpha value is -4.04. The molecule has 0 atom stereocenters. The van der Waals surface area contributed by atoms with E-state index in [0.717, 1.165) is 64.6 Å². The van der Waals surface area contributed by atoms with Crippen molar-refractivity contribution < 1.29 is 0 Å². The lowest BCUT2D eigenvalue weighted by atomic mass is 9.97. The van der Waals surface area contributed by atoms with Gasteiger partial charge in [0.1, 0.15) is 0 Å². The van der Waals surface area contributed by atoms with Crippen LogP contribution in [0.5, 0.6) is 0 Å². The molecule has 7 aromatic carbocycles. The molecule has 2 heteroatoms. The van der Waals surface area contributed by atoms with Gasteiger partial charge in [0, 0.05) is 26.9 Å². The first-order valence-corrected chi connectivity index (χ1v) is 10.0. The minimum atomic E-state index is 0.0936. The lowest BCUT2D eigenvalue weighted by molar-refractivity contribution is 1.80. The van der Waals surface area contributed by atoms with Crippen molar-refractivity contribution in [2.24, 2.45) is 0 Å². The molecule has 0 aliphatic heterocycles. The van der Waals surface area contributed by atoms with Crippen molar-refractivity contribution in [3.63, 3.8) is 0 Å². The SMILES string of the molecule is O=c1c2ccccc2c2cc3cc4c(ccc5c(=O)c6ccccc6c54)cc3cc12. The first-order chi connectivity index (χ1) is 14.7. The van der Waals surface area contributed by atoms with Gasteiger partial charge >= 0.3 is 0 Å². The molecule has 0 aliphatic carbocycles. The minimum absolute atomic E-state index is 0.0936. The molecule has 138 valence electrons. The van der Waals surface area contributed by atoms with Gasteiger partial charge in [-0.2, -0.15) is 0 Å². The van der Waals surface area contributed by atoms with Gasteiger partial charge in [0.15, 0.2) is 10.9 Å². The summed E-state index contributed by atoms with van der Waals surface area (Å²) in [5.74, 6) is 0. The Labute approximate surface area is 170 Å². The third kappa shape index (κ3) is 1.84. The van der Waals surface area contributed by atoms with Gasteiger partial charge in [-0.25, -0.2) is 0 Å². The molecule has 7 rings (SSSR count). The van der Waals surface area contributed by atoms with Gasteiger partial charge in [0.25, 0.3) is 0 Å². The average molecular weight is 382 g/mol. The molecule has 2 nitrogen and oxygen atoms in total. The summed E-state index contributed by atoms with van der Waals surface area (Å²) in [4.78, 5) is 25.8. The maximum Gasteiger partial charge on any atom is 0.194 e. The van der Waals surface area contributed by atoms with Crippen LogP contribution in [0.25, 0.3) is 64.6 Å². The Bertz CT molecular complexity index is 1920. The second-order valence-electron chi connectivity index (χ2n) is 8.06. The maximum atomic E-state index is 12.9. The molecule has 0 radical (unpaired) electrons. The highest BCUT2D eigenvalue weighted by Gasteiger charge is 2.15. The molecule has 7 aromatic rings. The van der Waals surface area contributed by atoms with Crippen molar-refractivity contribution in [3.05, 3.63) is 105 Å². The molecule has 0 saturated carbocycles. The van der Waals surface area contributed by atoms with Gasteiger partial charge < -0.3 is 0 Å². The lowest BCUT2D eigenvalue weighted by Crippen LogP contribution is -1.93. The van der Waals surface area contributed by atoms with Crippen LogP contribution in [0, 0.1) is 0 Å². The zero-order valence-corrected chi connectivity index (χ0v) is 15.9. The molecule has 0 aromatic heterocycles. The standard InChI is InChI=1S/C28H14O2/c29-27-21-8-4-2-6-19(21)26-22(27)10-9-15-11-16-14-25-24(13-17(16)12-23(15)26)18-5-1-3-7-20(18)28(25)30/h1-14H. The third-order valence-corrected chi connectivity index (χ3v) is 6.51. The molecule has 0 N–H and O–H groups in total. The fourth-order valence-corrected chi connectivity index (χ4v) is 5.12. The second kappa shape index (κ2) is 5.31. The number of benzene rings is 5.